The Balaban J connectivity index is 1.58. The Morgan fingerprint density at radius 1 is 1.05 bits per heavy atom. The van der Waals surface area contributed by atoms with Crippen molar-refractivity contribution in [3.8, 4) is 0 Å². The molecule has 4 aromatic rings. The lowest BCUT2D eigenvalue weighted by molar-refractivity contribution is -0.104. The second kappa shape index (κ2) is 9.25. The third-order valence-corrected chi connectivity index (χ3v) is 6.43. The molecule has 0 radical (unpaired) electrons. The molecule has 1 aliphatic heterocycles. The van der Waals surface area contributed by atoms with Gasteiger partial charge in [-0.05, 0) is 36.1 Å². The lowest BCUT2D eigenvalue weighted by Crippen LogP contribution is -2.33. The topological polar surface area (TPSA) is 140 Å². The van der Waals surface area contributed by atoms with Gasteiger partial charge in [0.2, 0.25) is 0 Å². The quantitative estimate of drug-likeness (QED) is 0.362. The molecule has 0 spiro atoms. The number of rotatable bonds is 7. The zero-order valence-electron chi connectivity index (χ0n) is 20.6. The van der Waals surface area contributed by atoms with Crippen LogP contribution in [-0.2, 0) is 11.4 Å². The van der Waals surface area contributed by atoms with E-state index in [0.717, 1.165) is 10.6 Å². The van der Waals surface area contributed by atoms with Crippen molar-refractivity contribution < 1.29 is 24.3 Å². The summed E-state index contributed by atoms with van der Waals surface area (Å²) in [5.74, 6) is -0.605. The van der Waals surface area contributed by atoms with E-state index in [4.69, 9.17) is 14.9 Å². The third kappa shape index (κ3) is 4.38. The predicted octanol–water partition coefficient (Wildman–Crippen LogP) is 3.95. The van der Waals surface area contributed by atoms with Gasteiger partial charge < -0.3 is 15.0 Å². The van der Waals surface area contributed by atoms with Crippen LogP contribution in [0.1, 0.15) is 59.8 Å². The molecule has 4 heterocycles. The summed E-state index contributed by atoms with van der Waals surface area (Å²) in [4.78, 5) is 56.4. The summed E-state index contributed by atoms with van der Waals surface area (Å²) in [6.07, 6.45) is 2.68. The summed E-state index contributed by atoms with van der Waals surface area (Å²) in [6.45, 7) is 6.20. The van der Waals surface area contributed by atoms with E-state index >= 15 is 0 Å². The SMILES string of the molecule is CC(C)(C)C(CCNC(=O)O)n1c(CON2C(=O)c3ccccc3C2=O)nc2cnc3cccnc3c21. The first-order chi connectivity index (χ1) is 17.7. The monoisotopic (exact) mass is 502 g/mol. The molecule has 11 heteroatoms. The Morgan fingerprint density at radius 3 is 2.41 bits per heavy atom. The smallest absolute Gasteiger partial charge is 0.404 e. The van der Waals surface area contributed by atoms with Crippen LogP contribution >= 0.6 is 0 Å². The van der Waals surface area contributed by atoms with Gasteiger partial charge in [0, 0.05) is 18.8 Å². The Morgan fingerprint density at radius 2 is 1.76 bits per heavy atom. The lowest BCUT2D eigenvalue weighted by Gasteiger charge is -2.34. The Hall–Kier alpha value is -4.38. The number of carbonyl (C=O) groups excluding carboxylic acids is 2. The maximum absolute atomic E-state index is 12.8. The first kappa shape index (κ1) is 24.3. The van der Waals surface area contributed by atoms with Crippen molar-refractivity contribution in [2.24, 2.45) is 5.41 Å². The first-order valence-corrected chi connectivity index (χ1v) is 11.8. The Kier molecular flexibility index (Phi) is 6.08. The summed E-state index contributed by atoms with van der Waals surface area (Å²) in [5.41, 5.74) is 2.86. The molecule has 1 atom stereocenters. The van der Waals surface area contributed by atoms with Crippen LogP contribution in [0.2, 0.25) is 0 Å². The van der Waals surface area contributed by atoms with Crippen molar-refractivity contribution in [2.75, 3.05) is 6.54 Å². The summed E-state index contributed by atoms with van der Waals surface area (Å²) < 4.78 is 1.98. The molecule has 0 aliphatic carbocycles. The maximum Gasteiger partial charge on any atom is 0.404 e. The van der Waals surface area contributed by atoms with E-state index in [1.165, 1.54) is 0 Å². The number of carbonyl (C=O) groups is 3. The fraction of sp³-hybridized carbons (Fsp3) is 0.308. The minimum atomic E-state index is -1.10. The Labute approximate surface area is 212 Å². The molecule has 37 heavy (non-hydrogen) atoms. The maximum atomic E-state index is 12.8. The number of hydrogen-bond acceptors (Lipinski definition) is 7. The second-order valence-electron chi connectivity index (χ2n) is 9.89. The molecule has 1 aliphatic rings. The average Bonchev–Trinajstić information content (AvgIpc) is 3.34. The fourth-order valence-corrected chi connectivity index (χ4v) is 4.75. The molecule has 3 amide bonds. The van der Waals surface area contributed by atoms with Crippen LogP contribution in [0, 0.1) is 5.41 Å². The number of fused-ring (bicyclic) bond motifs is 4. The molecule has 1 unspecified atom stereocenters. The van der Waals surface area contributed by atoms with Gasteiger partial charge in [-0.3, -0.25) is 24.4 Å². The van der Waals surface area contributed by atoms with Crippen LogP contribution in [-0.4, -0.2) is 54.1 Å². The molecule has 0 bridgehead atoms. The van der Waals surface area contributed by atoms with Crippen molar-refractivity contribution in [3.63, 3.8) is 0 Å². The highest BCUT2D eigenvalue weighted by Gasteiger charge is 2.37. The number of amides is 3. The molecule has 0 saturated heterocycles. The molecule has 190 valence electrons. The van der Waals surface area contributed by atoms with Crippen LogP contribution in [0.5, 0.6) is 0 Å². The van der Waals surface area contributed by atoms with E-state index in [9.17, 15) is 14.4 Å². The van der Waals surface area contributed by atoms with Gasteiger partial charge in [-0.15, -0.1) is 5.06 Å². The number of carboxylic acid groups (broad SMARTS) is 1. The van der Waals surface area contributed by atoms with E-state index in [0.29, 0.717) is 28.8 Å². The van der Waals surface area contributed by atoms with Crippen LogP contribution in [0.3, 0.4) is 0 Å². The number of hydrogen-bond donors (Lipinski definition) is 2. The molecule has 11 nitrogen and oxygen atoms in total. The molecule has 0 fully saturated rings. The van der Waals surface area contributed by atoms with Crippen LogP contribution in [0.4, 0.5) is 4.79 Å². The largest absolute Gasteiger partial charge is 0.465 e. The number of pyridine rings is 2. The first-order valence-electron chi connectivity index (χ1n) is 11.8. The normalized spacial score (nSPS) is 14.4. The van der Waals surface area contributed by atoms with E-state index in [2.05, 4.69) is 36.1 Å². The van der Waals surface area contributed by atoms with Crippen molar-refractivity contribution in [1.82, 2.24) is 29.9 Å². The lowest BCUT2D eigenvalue weighted by atomic mass is 9.84. The summed E-state index contributed by atoms with van der Waals surface area (Å²) in [7, 11) is 0. The highest BCUT2D eigenvalue weighted by Crippen LogP contribution is 2.38. The standard InChI is InChI=1S/C26H26N6O5/c1-26(2,3)19(10-12-28-25(35)36)31-20(30-18-13-29-17-9-6-11-27-21(17)22(18)31)14-37-32-23(33)15-7-4-5-8-16(15)24(32)34/h4-9,11,13,19,28H,10,12,14H2,1-3H3,(H,35,36). The summed E-state index contributed by atoms with van der Waals surface area (Å²) in [6, 6.07) is 9.97. The van der Waals surface area contributed by atoms with Crippen LogP contribution in [0.15, 0.2) is 48.8 Å². The summed E-state index contributed by atoms with van der Waals surface area (Å²) in [5, 5.41) is 12.3. The van der Waals surface area contributed by atoms with Crippen molar-refractivity contribution >= 4 is 40.0 Å². The van der Waals surface area contributed by atoms with E-state index in [1.54, 1.807) is 42.7 Å². The molecule has 2 N–H and O–H groups in total. The number of imide groups is 1. The second-order valence-corrected chi connectivity index (χ2v) is 9.89. The number of hydroxylamine groups is 2. The minimum Gasteiger partial charge on any atom is -0.465 e. The van der Waals surface area contributed by atoms with Crippen molar-refractivity contribution in [1.29, 1.82) is 0 Å². The minimum absolute atomic E-state index is 0.173. The van der Waals surface area contributed by atoms with Gasteiger partial charge in [0.05, 0.1) is 28.4 Å². The molecular weight excluding hydrogens is 476 g/mol. The van der Waals surface area contributed by atoms with Gasteiger partial charge in [0.15, 0.2) is 0 Å². The van der Waals surface area contributed by atoms with E-state index in [1.807, 2.05) is 10.6 Å². The van der Waals surface area contributed by atoms with Crippen molar-refractivity contribution in [3.05, 3.63) is 65.7 Å². The number of nitrogens with zero attached hydrogens (tertiary/aromatic N) is 5. The number of benzene rings is 1. The highest BCUT2D eigenvalue weighted by atomic mass is 16.7. The van der Waals surface area contributed by atoms with Gasteiger partial charge in [-0.2, -0.15) is 0 Å². The molecule has 3 aromatic heterocycles. The van der Waals surface area contributed by atoms with Gasteiger partial charge in [-0.1, -0.05) is 32.9 Å². The highest BCUT2D eigenvalue weighted by molar-refractivity contribution is 6.20. The fourth-order valence-electron chi connectivity index (χ4n) is 4.75. The molecule has 5 rings (SSSR count). The van der Waals surface area contributed by atoms with E-state index in [-0.39, 0.29) is 35.7 Å². The average molecular weight is 503 g/mol. The number of nitrogens with one attached hydrogen (secondary N) is 1. The van der Waals surface area contributed by atoms with Gasteiger partial charge in [0.25, 0.3) is 11.8 Å². The predicted molar refractivity (Wildman–Crippen MR) is 134 cm³/mol. The van der Waals surface area contributed by atoms with Crippen molar-refractivity contribution in [2.45, 2.75) is 39.8 Å². The van der Waals surface area contributed by atoms with Gasteiger partial charge in [0.1, 0.15) is 23.5 Å². The van der Waals surface area contributed by atoms with E-state index < -0.39 is 17.9 Å². The number of imidazole rings is 1. The van der Waals surface area contributed by atoms with Crippen LogP contribution in [0.25, 0.3) is 22.1 Å². The van der Waals surface area contributed by atoms with Crippen LogP contribution < -0.4 is 5.32 Å². The van der Waals surface area contributed by atoms with Gasteiger partial charge in [-0.25, -0.2) is 9.78 Å². The summed E-state index contributed by atoms with van der Waals surface area (Å²) >= 11 is 0. The zero-order chi connectivity index (χ0) is 26.3. The molecule has 1 aromatic carbocycles. The third-order valence-electron chi connectivity index (χ3n) is 6.43. The zero-order valence-corrected chi connectivity index (χ0v) is 20.6. The number of aromatic nitrogens is 4. The van der Waals surface area contributed by atoms with Gasteiger partial charge >= 0.3 is 6.09 Å². The molecular formula is C26H26N6O5. The molecule has 0 saturated carbocycles. The Bertz CT molecular complexity index is 1500.